The van der Waals surface area contributed by atoms with Crippen LogP contribution in [0.15, 0.2) is 0 Å². The maximum absolute atomic E-state index is 10.8. The molecule has 0 amide bonds. The number of rotatable bonds is 6. The average molecular weight is 228 g/mol. The van der Waals surface area contributed by atoms with Crippen LogP contribution in [0.3, 0.4) is 0 Å². The highest BCUT2D eigenvalue weighted by Crippen LogP contribution is 2.16. The molecule has 3 atom stereocenters. The lowest BCUT2D eigenvalue weighted by Crippen LogP contribution is -2.44. The van der Waals surface area contributed by atoms with Gasteiger partial charge in [-0.15, -0.1) is 0 Å². The highest BCUT2D eigenvalue weighted by molar-refractivity contribution is 5.70. The largest absolute Gasteiger partial charge is 0.481 e. The van der Waals surface area contributed by atoms with Crippen LogP contribution in [-0.2, 0) is 4.79 Å². The number of hydrogen-bond acceptors (Lipinski definition) is 3. The number of carboxylic acids is 1. The van der Waals surface area contributed by atoms with Crippen LogP contribution in [0.1, 0.15) is 33.6 Å². The first-order valence-electron chi connectivity index (χ1n) is 6.26. The first-order valence-corrected chi connectivity index (χ1v) is 6.26. The van der Waals surface area contributed by atoms with Crippen molar-refractivity contribution in [3.63, 3.8) is 0 Å². The molecule has 0 aromatic rings. The van der Waals surface area contributed by atoms with Crippen LogP contribution in [0, 0.1) is 5.92 Å². The van der Waals surface area contributed by atoms with Crippen LogP contribution in [0.25, 0.3) is 0 Å². The molecule has 2 N–H and O–H groups in total. The van der Waals surface area contributed by atoms with Gasteiger partial charge in [-0.1, -0.05) is 13.8 Å². The van der Waals surface area contributed by atoms with Gasteiger partial charge in [0.2, 0.25) is 0 Å². The van der Waals surface area contributed by atoms with E-state index < -0.39 is 5.97 Å². The summed E-state index contributed by atoms with van der Waals surface area (Å²) in [5, 5.41) is 12.2. The maximum Gasteiger partial charge on any atom is 0.307 e. The SMILES string of the molecule is CCN1CCCC1CNC(C)C(C)C(=O)O. The van der Waals surface area contributed by atoms with E-state index in [1.807, 2.05) is 6.92 Å². The Hall–Kier alpha value is -0.610. The molecule has 0 aromatic carbocycles. The van der Waals surface area contributed by atoms with Gasteiger partial charge in [0.15, 0.2) is 0 Å². The van der Waals surface area contributed by atoms with Crippen LogP contribution >= 0.6 is 0 Å². The quantitative estimate of drug-likeness (QED) is 0.716. The number of hydrogen-bond donors (Lipinski definition) is 2. The van der Waals surface area contributed by atoms with Crippen molar-refractivity contribution in [1.29, 1.82) is 0 Å². The lowest BCUT2D eigenvalue weighted by Gasteiger charge is -2.26. The van der Waals surface area contributed by atoms with Crippen molar-refractivity contribution < 1.29 is 9.90 Å². The minimum Gasteiger partial charge on any atom is -0.481 e. The Balaban J connectivity index is 2.31. The molecule has 0 saturated carbocycles. The van der Waals surface area contributed by atoms with Gasteiger partial charge in [0.05, 0.1) is 5.92 Å². The number of aliphatic carboxylic acids is 1. The minimum atomic E-state index is -0.723. The van der Waals surface area contributed by atoms with Gasteiger partial charge in [0, 0.05) is 18.6 Å². The third-order valence-corrected chi connectivity index (χ3v) is 3.72. The molecular weight excluding hydrogens is 204 g/mol. The Morgan fingerprint density at radius 2 is 2.25 bits per heavy atom. The lowest BCUT2D eigenvalue weighted by atomic mass is 10.0. The van der Waals surface area contributed by atoms with E-state index in [2.05, 4.69) is 17.1 Å². The Kier molecular flexibility index (Phi) is 5.22. The molecule has 1 aliphatic rings. The molecule has 1 aliphatic heterocycles. The average Bonchev–Trinajstić information content (AvgIpc) is 2.71. The molecule has 0 radical (unpaired) electrons. The van der Waals surface area contributed by atoms with E-state index in [1.54, 1.807) is 6.92 Å². The molecule has 4 nitrogen and oxygen atoms in total. The van der Waals surface area contributed by atoms with Gasteiger partial charge in [0.25, 0.3) is 0 Å². The van der Waals surface area contributed by atoms with Crippen LogP contribution in [0.4, 0.5) is 0 Å². The summed E-state index contributed by atoms with van der Waals surface area (Å²) >= 11 is 0. The van der Waals surface area contributed by atoms with Gasteiger partial charge < -0.3 is 10.4 Å². The van der Waals surface area contributed by atoms with Crippen LogP contribution in [0.2, 0.25) is 0 Å². The zero-order valence-electron chi connectivity index (χ0n) is 10.6. The molecule has 3 unspecified atom stereocenters. The van der Waals surface area contributed by atoms with E-state index in [1.165, 1.54) is 19.4 Å². The molecule has 0 spiro atoms. The van der Waals surface area contributed by atoms with Gasteiger partial charge in [-0.05, 0) is 32.9 Å². The Morgan fingerprint density at radius 1 is 1.56 bits per heavy atom. The Bertz CT molecular complexity index is 233. The molecule has 1 rings (SSSR count). The predicted molar refractivity (Wildman–Crippen MR) is 64.5 cm³/mol. The van der Waals surface area contributed by atoms with Gasteiger partial charge in [-0.3, -0.25) is 9.69 Å². The maximum atomic E-state index is 10.8. The third kappa shape index (κ3) is 3.46. The summed E-state index contributed by atoms with van der Waals surface area (Å²) in [5.41, 5.74) is 0. The van der Waals surface area contributed by atoms with Gasteiger partial charge in [-0.2, -0.15) is 0 Å². The zero-order chi connectivity index (χ0) is 12.1. The number of nitrogens with zero attached hydrogens (tertiary/aromatic N) is 1. The molecule has 1 fully saturated rings. The lowest BCUT2D eigenvalue weighted by molar-refractivity contribution is -0.141. The number of carboxylic acid groups (broad SMARTS) is 1. The highest BCUT2D eigenvalue weighted by atomic mass is 16.4. The van der Waals surface area contributed by atoms with E-state index >= 15 is 0 Å². The summed E-state index contributed by atoms with van der Waals surface area (Å²) in [6.45, 7) is 9.07. The monoisotopic (exact) mass is 228 g/mol. The summed E-state index contributed by atoms with van der Waals surface area (Å²) in [5.74, 6) is -1.05. The summed E-state index contributed by atoms with van der Waals surface area (Å²) < 4.78 is 0. The summed E-state index contributed by atoms with van der Waals surface area (Å²) in [6, 6.07) is 0.630. The number of carbonyl (C=O) groups is 1. The highest BCUT2D eigenvalue weighted by Gasteiger charge is 2.25. The fourth-order valence-corrected chi connectivity index (χ4v) is 2.26. The molecule has 1 saturated heterocycles. The second kappa shape index (κ2) is 6.21. The Labute approximate surface area is 98.0 Å². The first kappa shape index (κ1) is 13.5. The normalized spacial score (nSPS) is 25.6. The first-order chi connectivity index (χ1) is 7.56. The number of likely N-dealkylation sites (N-methyl/N-ethyl adjacent to an activating group) is 1. The van der Waals surface area contributed by atoms with Crippen molar-refractivity contribution in [1.82, 2.24) is 10.2 Å². The van der Waals surface area contributed by atoms with Crippen LogP contribution < -0.4 is 5.32 Å². The van der Waals surface area contributed by atoms with Crippen molar-refractivity contribution in [3.05, 3.63) is 0 Å². The van der Waals surface area contributed by atoms with Crippen LogP contribution in [0.5, 0.6) is 0 Å². The molecule has 0 aliphatic carbocycles. The van der Waals surface area contributed by atoms with Crippen molar-refractivity contribution in [2.45, 2.75) is 45.7 Å². The van der Waals surface area contributed by atoms with Crippen molar-refractivity contribution >= 4 is 5.97 Å². The van der Waals surface area contributed by atoms with E-state index in [4.69, 9.17) is 5.11 Å². The van der Waals surface area contributed by atoms with Gasteiger partial charge >= 0.3 is 5.97 Å². The molecular formula is C12H24N2O2. The molecule has 94 valence electrons. The second-order valence-electron chi connectivity index (χ2n) is 4.75. The van der Waals surface area contributed by atoms with Crippen molar-refractivity contribution in [3.8, 4) is 0 Å². The summed E-state index contributed by atoms with van der Waals surface area (Å²) in [7, 11) is 0. The Morgan fingerprint density at radius 3 is 2.81 bits per heavy atom. The molecule has 4 heteroatoms. The number of likely N-dealkylation sites (tertiary alicyclic amines) is 1. The van der Waals surface area contributed by atoms with E-state index in [0.717, 1.165) is 13.1 Å². The summed E-state index contributed by atoms with van der Waals surface area (Å²) in [6.07, 6.45) is 2.50. The third-order valence-electron chi connectivity index (χ3n) is 3.72. The summed E-state index contributed by atoms with van der Waals surface area (Å²) in [4.78, 5) is 13.3. The second-order valence-corrected chi connectivity index (χ2v) is 4.75. The van der Waals surface area contributed by atoms with E-state index in [-0.39, 0.29) is 12.0 Å². The van der Waals surface area contributed by atoms with Gasteiger partial charge in [-0.25, -0.2) is 0 Å². The molecule has 0 bridgehead atoms. The zero-order valence-corrected chi connectivity index (χ0v) is 10.6. The fourth-order valence-electron chi connectivity index (χ4n) is 2.26. The molecule has 1 heterocycles. The van der Waals surface area contributed by atoms with Gasteiger partial charge in [0.1, 0.15) is 0 Å². The number of nitrogens with one attached hydrogen (secondary N) is 1. The van der Waals surface area contributed by atoms with Crippen LogP contribution in [-0.4, -0.2) is 47.7 Å². The fraction of sp³-hybridized carbons (Fsp3) is 0.917. The van der Waals surface area contributed by atoms with E-state index in [9.17, 15) is 4.79 Å². The smallest absolute Gasteiger partial charge is 0.307 e. The predicted octanol–water partition coefficient (Wildman–Crippen LogP) is 1.17. The molecule has 0 aromatic heterocycles. The van der Waals surface area contributed by atoms with E-state index in [0.29, 0.717) is 6.04 Å². The van der Waals surface area contributed by atoms with Crippen molar-refractivity contribution in [2.24, 2.45) is 5.92 Å². The standard InChI is InChI=1S/C12H24N2O2/c1-4-14-7-5-6-11(14)8-13-10(3)9(2)12(15)16/h9-11,13H,4-8H2,1-3H3,(H,15,16). The molecule has 16 heavy (non-hydrogen) atoms. The van der Waals surface area contributed by atoms with Crippen molar-refractivity contribution in [2.75, 3.05) is 19.6 Å². The topological polar surface area (TPSA) is 52.6 Å². The minimum absolute atomic E-state index is 0.0387.